The van der Waals surface area contributed by atoms with Gasteiger partial charge in [-0.15, -0.1) is 0 Å². The van der Waals surface area contributed by atoms with E-state index in [4.69, 9.17) is 9.84 Å². The molecule has 0 radical (unpaired) electrons. The van der Waals surface area contributed by atoms with Crippen molar-refractivity contribution < 1.29 is 19.4 Å². The average Bonchev–Trinajstić information content (AvgIpc) is 2.98. The molecule has 4 heteroatoms. The Hall–Kier alpha value is -1.58. The highest BCUT2D eigenvalue weighted by Crippen LogP contribution is 2.14. The first-order chi connectivity index (χ1) is 20.6. The van der Waals surface area contributed by atoms with Crippen LogP contribution in [0.25, 0.3) is 0 Å². The van der Waals surface area contributed by atoms with Gasteiger partial charge in [0, 0.05) is 12.5 Å². The van der Waals surface area contributed by atoms with Gasteiger partial charge in [0.2, 0.25) is 0 Å². The van der Waals surface area contributed by atoms with Crippen molar-refractivity contribution in [2.24, 2.45) is 0 Å². The Balaban J connectivity index is 0. The molecule has 0 fully saturated rings. The first kappa shape index (κ1) is 42.6. The van der Waals surface area contributed by atoms with Crippen molar-refractivity contribution in [1.29, 1.82) is 0 Å². The van der Waals surface area contributed by atoms with Crippen LogP contribution in [-0.2, 0) is 14.3 Å². The van der Waals surface area contributed by atoms with Crippen molar-refractivity contribution in [3.8, 4) is 0 Å². The zero-order valence-electron chi connectivity index (χ0n) is 28.5. The fraction of sp³-hybridized carbons (Fsp3) is 0.842. The number of esters is 1. The summed E-state index contributed by atoms with van der Waals surface area (Å²) < 4.78 is 5.42. The topological polar surface area (TPSA) is 63.6 Å². The summed E-state index contributed by atoms with van der Waals surface area (Å²) in [5, 5.41) is 8.02. The van der Waals surface area contributed by atoms with Crippen LogP contribution in [0.2, 0.25) is 0 Å². The van der Waals surface area contributed by atoms with Crippen LogP contribution in [-0.4, -0.2) is 23.7 Å². The van der Waals surface area contributed by atoms with E-state index in [2.05, 4.69) is 13.8 Å². The van der Waals surface area contributed by atoms with Gasteiger partial charge in [0.05, 0.1) is 6.61 Å². The smallest absolute Gasteiger partial charge is 0.328 e. The highest BCUT2D eigenvalue weighted by atomic mass is 16.5. The van der Waals surface area contributed by atoms with Crippen LogP contribution >= 0.6 is 0 Å². The van der Waals surface area contributed by atoms with Gasteiger partial charge in [0.1, 0.15) is 0 Å². The number of unbranched alkanes of at least 4 members (excludes halogenated alkanes) is 25. The molecule has 0 aromatic heterocycles. The van der Waals surface area contributed by atoms with Crippen LogP contribution in [0.3, 0.4) is 0 Å². The number of rotatable bonds is 31. The van der Waals surface area contributed by atoms with Crippen molar-refractivity contribution in [1.82, 2.24) is 0 Å². The fourth-order valence-corrected chi connectivity index (χ4v) is 5.09. The molecular weight excluding hydrogens is 520 g/mol. The summed E-state index contributed by atoms with van der Waals surface area (Å²) >= 11 is 0. The molecule has 0 spiro atoms. The summed E-state index contributed by atoms with van der Waals surface area (Å²) in [6.45, 7) is 7.03. The minimum absolute atomic E-state index is 0.0257. The molecule has 4 nitrogen and oxygen atoms in total. The predicted molar refractivity (Wildman–Crippen MR) is 183 cm³/mol. The largest absolute Gasteiger partial charge is 0.478 e. The maximum atomic E-state index is 11.9. The quantitative estimate of drug-likeness (QED) is 0.0376. The van der Waals surface area contributed by atoms with E-state index in [0.717, 1.165) is 18.9 Å². The molecule has 0 saturated carbocycles. The van der Waals surface area contributed by atoms with Crippen LogP contribution in [0.5, 0.6) is 0 Å². The summed E-state index contributed by atoms with van der Waals surface area (Å²) in [5.74, 6) is -0.888. The highest BCUT2D eigenvalue weighted by molar-refractivity contribution is 5.80. The number of allylic oxidation sites excluding steroid dienone is 3. The Morgan fingerprint density at radius 2 is 0.833 bits per heavy atom. The van der Waals surface area contributed by atoms with Crippen molar-refractivity contribution in [2.45, 2.75) is 201 Å². The van der Waals surface area contributed by atoms with E-state index in [1.54, 1.807) is 12.2 Å². The lowest BCUT2D eigenvalue weighted by molar-refractivity contribution is -0.144. The number of hydrogen-bond donors (Lipinski definition) is 1. The minimum atomic E-state index is -0.914. The third-order valence-electron chi connectivity index (χ3n) is 7.79. The number of aliphatic carboxylic acids is 1. The van der Waals surface area contributed by atoms with Crippen LogP contribution in [0.15, 0.2) is 24.3 Å². The molecule has 0 unspecified atom stereocenters. The van der Waals surface area contributed by atoms with Gasteiger partial charge in [-0.1, -0.05) is 193 Å². The lowest BCUT2D eigenvalue weighted by Crippen LogP contribution is -2.05. The third-order valence-corrected chi connectivity index (χ3v) is 7.79. The van der Waals surface area contributed by atoms with E-state index in [9.17, 15) is 9.59 Å². The average molecular weight is 593 g/mol. The summed E-state index contributed by atoms with van der Waals surface area (Å²) in [7, 11) is 0. The molecule has 42 heavy (non-hydrogen) atoms. The number of ether oxygens (including phenoxy) is 1. The zero-order valence-corrected chi connectivity index (χ0v) is 28.5. The van der Waals surface area contributed by atoms with Gasteiger partial charge in [-0.3, -0.25) is 4.79 Å². The zero-order chi connectivity index (χ0) is 31.2. The number of carbonyl (C=O) groups excluding carboxylic acids is 1. The van der Waals surface area contributed by atoms with Gasteiger partial charge >= 0.3 is 11.9 Å². The molecule has 0 rings (SSSR count). The second-order valence-electron chi connectivity index (χ2n) is 12.0. The Kier molecular flexibility index (Phi) is 39.9. The second kappa shape index (κ2) is 39.4. The maximum absolute atomic E-state index is 11.9. The van der Waals surface area contributed by atoms with Crippen LogP contribution in [0.1, 0.15) is 201 Å². The summed E-state index contributed by atoms with van der Waals surface area (Å²) in [6, 6.07) is 0. The minimum Gasteiger partial charge on any atom is -0.478 e. The van der Waals surface area contributed by atoms with Gasteiger partial charge in [0.15, 0.2) is 0 Å². The van der Waals surface area contributed by atoms with Gasteiger partial charge in [0.25, 0.3) is 0 Å². The second-order valence-corrected chi connectivity index (χ2v) is 12.0. The van der Waals surface area contributed by atoms with E-state index in [1.165, 1.54) is 167 Å². The Morgan fingerprint density at radius 3 is 1.17 bits per heavy atom. The van der Waals surface area contributed by atoms with E-state index < -0.39 is 5.97 Å². The molecule has 0 saturated heterocycles. The number of carboxylic acids is 1. The van der Waals surface area contributed by atoms with Gasteiger partial charge in [-0.2, -0.15) is 0 Å². The van der Waals surface area contributed by atoms with Crippen molar-refractivity contribution in [3.05, 3.63) is 24.3 Å². The SMILES string of the molecule is C/C=C/C=C/C(=O)O.CCCCCCCCCCCCCCCCOC(=O)CCCCCCCCCCCCCCC. The summed E-state index contributed by atoms with van der Waals surface area (Å²) in [4.78, 5) is 21.6. The molecule has 0 bridgehead atoms. The number of carbonyl (C=O) groups is 2. The molecule has 0 aliphatic carbocycles. The van der Waals surface area contributed by atoms with E-state index in [-0.39, 0.29) is 5.97 Å². The summed E-state index contributed by atoms with van der Waals surface area (Å²) in [6.07, 6.45) is 43.1. The van der Waals surface area contributed by atoms with Crippen LogP contribution < -0.4 is 0 Å². The van der Waals surface area contributed by atoms with Gasteiger partial charge in [-0.05, 0) is 19.8 Å². The van der Waals surface area contributed by atoms with Crippen LogP contribution in [0.4, 0.5) is 0 Å². The molecule has 0 aliphatic rings. The maximum Gasteiger partial charge on any atom is 0.328 e. The molecular formula is C38H72O4. The summed E-state index contributed by atoms with van der Waals surface area (Å²) in [5.41, 5.74) is 0. The third kappa shape index (κ3) is 42.9. The first-order valence-corrected chi connectivity index (χ1v) is 18.3. The molecule has 0 aromatic rings. The van der Waals surface area contributed by atoms with Crippen LogP contribution in [0, 0.1) is 0 Å². The Morgan fingerprint density at radius 1 is 0.500 bits per heavy atom. The van der Waals surface area contributed by atoms with E-state index >= 15 is 0 Å². The van der Waals surface area contributed by atoms with E-state index in [1.807, 2.05) is 6.92 Å². The Bertz CT molecular complexity index is 596. The normalized spacial score (nSPS) is 11.2. The highest BCUT2D eigenvalue weighted by Gasteiger charge is 2.02. The molecule has 1 N–H and O–H groups in total. The first-order valence-electron chi connectivity index (χ1n) is 18.3. The lowest BCUT2D eigenvalue weighted by Gasteiger charge is -2.06. The van der Waals surface area contributed by atoms with Gasteiger partial charge < -0.3 is 9.84 Å². The molecule has 0 aromatic carbocycles. The molecule has 0 amide bonds. The lowest BCUT2D eigenvalue weighted by atomic mass is 10.0. The van der Waals surface area contributed by atoms with Gasteiger partial charge in [-0.25, -0.2) is 4.79 Å². The van der Waals surface area contributed by atoms with Crippen molar-refractivity contribution >= 4 is 11.9 Å². The predicted octanol–water partition coefficient (Wildman–Crippen LogP) is 12.7. The molecule has 0 heterocycles. The Labute approximate surface area is 262 Å². The monoisotopic (exact) mass is 593 g/mol. The standard InChI is InChI=1S/C32H64O2.C6H8O2/c1-3-5-7-9-11-13-15-17-19-21-23-25-27-29-31-34-32(33)30-28-26-24-22-20-18-16-14-12-10-8-6-4-2;1-2-3-4-5-6(7)8/h3-31H2,1-2H3;2-5H,1H3,(H,7,8)/b;3-2+,5-4+. The fourth-order valence-electron chi connectivity index (χ4n) is 5.09. The van der Waals surface area contributed by atoms with Crippen molar-refractivity contribution in [3.63, 3.8) is 0 Å². The molecule has 248 valence electrons. The van der Waals surface area contributed by atoms with Crippen molar-refractivity contribution in [2.75, 3.05) is 6.61 Å². The molecule has 0 atom stereocenters. The van der Waals surface area contributed by atoms with E-state index in [0.29, 0.717) is 13.0 Å². The number of carboxylic acid groups (broad SMARTS) is 1. The number of hydrogen-bond acceptors (Lipinski definition) is 3. The molecule has 0 aliphatic heterocycles.